The number of carbonyl (C=O) groups excluding carboxylic acids is 1. The van der Waals surface area contributed by atoms with E-state index in [1.807, 2.05) is 13.8 Å². The van der Waals surface area contributed by atoms with Crippen molar-refractivity contribution < 1.29 is 9.53 Å². The van der Waals surface area contributed by atoms with E-state index in [4.69, 9.17) is 4.74 Å². The van der Waals surface area contributed by atoms with E-state index in [1.54, 1.807) is 6.92 Å². The minimum Gasteiger partial charge on any atom is -0.456 e. The average Bonchev–Trinajstić information content (AvgIpc) is 2.04. The smallest absolute Gasteiger partial charge is 0.333 e. The first-order valence-corrected chi connectivity index (χ1v) is 4.84. The van der Waals surface area contributed by atoms with Gasteiger partial charge in [-0.25, -0.2) is 4.79 Å². The van der Waals surface area contributed by atoms with Gasteiger partial charge in [0.1, 0.15) is 5.60 Å². The van der Waals surface area contributed by atoms with E-state index in [0.717, 1.165) is 19.3 Å². The second kappa shape index (κ2) is 5.05. The van der Waals surface area contributed by atoms with Crippen LogP contribution < -0.4 is 0 Å². The van der Waals surface area contributed by atoms with Crippen molar-refractivity contribution in [1.29, 1.82) is 0 Å². The maximum absolute atomic E-state index is 11.3. The molecule has 0 bridgehead atoms. The van der Waals surface area contributed by atoms with Crippen molar-refractivity contribution in [2.24, 2.45) is 0 Å². The van der Waals surface area contributed by atoms with Crippen LogP contribution in [0.1, 0.15) is 47.0 Å². The minimum atomic E-state index is -0.315. The SMILES string of the molecule is C=C(C)C(=O)OC(C)(CC)CCC. The molecule has 0 aliphatic heterocycles. The van der Waals surface area contributed by atoms with Crippen LogP contribution in [0.3, 0.4) is 0 Å². The summed E-state index contributed by atoms with van der Waals surface area (Å²) in [7, 11) is 0. The second-order valence-electron chi connectivity index (χ2n) is 3.72. The third kappa shape index (κ3) is 4.11. The van der Waals surface area contributed by atoms with Gasteiger partial charge in [0.25, 0.3) is 0 Å². The number of carbonyl (C=O) groups is 1. The monoisotopic (exact) mass is 184 g/mol. The highest BCUT2D eigenvalue weighted by Crippen LogP contribution is 2.22. The van der Waals surface area contributed by atoms with Gasteiger partial charge in [0.15, 0.2) is 0 Å². The summed E-state index contributed by atoms with van der Waals surface area (Å²) in [6.45, 7) is 11.3. The van der Waals surface area contributed by atoms with Gasteiger partial charge in [-0.1, -0.05) is 26.8 Å². The molecule has 0 saturated heterocycles. The van der Waals surface area contributed by atoms with Crippen molar-refractivity contribution in [1.82, 2.24) is 0 Å². The second-order valence-corrected chi connectivity index (χ2v) is 3.72. The Balaban J connectivity index is 4.26. The maximum Gasteiger partial charge on any atom is 0.333 e. The molecule has 0 N–H and O–H groups in total. The zero-order valence-corrected chi connectivity index (χ0v) is 9.14. The molecule has 0 aromatic heterocycles. The van der Waals surface area contributed by atoms with Gasteiger partial charge in [-0.05, 0) is 26.7 Å². The average molecular weight is 184 g/mol. The van der Waals surface area contributed by atoms with Gasteiger partial charge in [-0.15, -0.1) is 0 Å². The first kappa shape index (κ1) is 12.2. The van der Waals surface area contributed by atoms with Gasteiger partial charge in [-0.3, -0.25) is 0 Å². The Morgan fingerprint density at radius 2 is 2.00 bits per heavy atom. The molecule has 2 nitrogen and oxygen atoms in total. The van der Waals surface area contributed by atoms with Crippen LogP contribution in [-0.2, 0) is 9.53 Å². The van der Waals surface area contributed by atoms with E-state index in [1.165, 1.54) is 0 Å². The summed E-state index contributed by atoms with van der Waals surface area (Å²) in [5.41, 5.74) is 0.154. The molecule has 1 atom stereocenters. The Kier molecular flexibility index (Phi) is 4.74. The third-order valence-corrected chi connectivity index (χ3v) is 2.21. The number of hydrogen-bond donors (Lipinski definition) is 0. The standard InChI is InChI=1S/C11H20O2/c1-6-8-11(5,7-2)13-10(12)9(3)4/h3,6-8H2,1-2,4-5H3. The molecule has 1 unspecified atom stereocenters. The number of esters is 1. The van der Waals surface area contributed by atoms with E-state index in [-0.39, 0.29) is 11.6 Å². The molecule has 0 fully saturated rings. The molecule has 13 heavy (non-hydrogen) atoms. The number of rotatable bonds is 5. The van der Waals surface area contributed by atoms with Crippen molar-refractivity contribution in [3.63, 3.8) is 0 Å². The van der Waals surface area contributed by atoms with E-state index in [0.29, 0.717) is 5.57 Å². The van der Waals surface area contributed by atoms with Crippen LogP contribution in [0.2, 0.25) is 0 Å². The molecule has 2 heteroatoms. The quantitative estimate of drug-likeness (QED) is 0.485. The normalized spacial score (nSPS) is 14.8. The molecule has 0 aliphatic rings. The van der Waals surface area contributed by atoms with E-state index in [2.05, 4.69) is 13.5 Å². The highest BCUT2D eigenvalue weighted by Gasteiger charge is 2.25. The molecule has 0 amide bonds. The van der Waals surface area contributed by atoms with Gasteiger partial charge in [-0.2, -0.15) is 0 Å². The van der Waals surface area contributed by atoms with Crippen LogP contribution >= 0.6 is 0 Å². The van der Waals surface area contributed by atoms with E-state index in [9.17, 15) is 4.79 Å². The fraction of sp³-hybridized carbons (Fsp3) is 0.727. The first-order valence-electron chi connectivity index (χ1n) is 4.84. The molecule has 76 valence electrons. The molecule has 0 aromatic rings. The lowest BCUT2D eigenvalue weighted by Crippen LogP contribution is -2.31. The Morgan fingerprint density at radius 3 is 2.31 bits per heavy atom. The summed E-state index contributed by atoms with van der Waals surface area (Å²) < 4.78 is 5.35. The fourth-order valence-electron chi connectivity index (χ4n) is 1.14. The Labute approximate surface area is 81.0 Å². The van der Waals surface area contributed by atoms with E-state index < -0.39 is 0 Å². The van der Waals surface area contributed by atoms with Crippen molar-refractivity contribution in [3.8, 4) is 0 Å². The molecule has 0 radical (unpaired) electrons. The van der Waals surface area contributed by atoms with Crippen molar-refractivity contribution in [2.45, 2.75) is 52.6 Å². The van der Waals surface area contributed by atoms with Crippen LogP contribution in [0, 0.1) is 0 Å². The third-order valence-electron chi connectivity index (χ3n) is 2.21. The molecule has 0 heterocycles. The van der Waals surface area contributed by atoms with Gasteiger partial charge in [0.2, 0.25) is 0 Å². The molecular weight excluding hydrogens is 164 g/mol. The van der Waals surface area contributed by atoms with E-state index >= 15 is 0 Å². The Morgan fingerprint density at radius 1 is 1.46 bits per heavy atom. The lowest BCUT2D eigenvalue weighted by atomic mass is 9.97. The molecule has 0 aliphatic carbocycles. The number of hydrogen-bond acceptors (Lipinski definition) is 2. The van der Waals surface area contributed by atoms with Gasteiger partial charge in [0.05, 0.1) is 0 Å². The highest BCUT2D eigenvalue weighted by molar-refractivity contribution is 5.87. The summed E-state index contributed by atoms with van der Waals surface area (Å²) in [6, 6.07) is 0. The Hall–Kier alpha value is -0.790. The van der Waals surface area contributed by atoms with Crippen LogP contribution in [0.5, 0.6) is 0 Å². The molecule has 0 saturated carbocycles. The lowest BCUT2D eigenvalue weighted by Gasteiger charge is -2.28. The lowest BCUT2D eigenvalue weighted by molar-refractivity contribution is -0.154. The summed E-state index contributed by atoms with van der Waals surface area (Å²) in [6.07, 6.45) is 2.77. The summed E-state index contributed by atoms with van der Waals surface area (Å²) in [4.78, 5) is 11.3. The largest absolute Gasteiger partial charge is 0.456 e. The van der Waals surface area contributed by atoms with Crippen LogP contribution in [0.4, 0.5) is 0 Å². The molecular formula is C11H20O2. The van der Waals surface area contributed by atoms with Gasteiger partial charge < -0.3 is 4.74 Å². The zero-order valence-electron chi connectivity index (χ0n) is 9.14. The fourth-order valence-corrected chi connectivity index (χ4v) is 1.14. The molecule has 0 spiro atoms. The minimum absolute atomic E-state index is 0.280. The summed E-state index contributed by atoms with van der Waals surface area (Å²) in [5, 5.41) is 0. The van der Waals surface area contributed by atoms with Gasteiger partial charge in [0, 0.05) is 5.57 Å². The zero-order chi connectivity index (χ0) is 10.5. The van der Waals surface area contributed by atoms with Crippen molar-refractivity contribution in [3.05, 3.63) is 12.2 Å². The topological polar surface area (TPSA) is 26.3 Å². The van der Waals surface area contributed by atoms with Crippen LogP contribution in [0.25, 0.3) is 0 Å². The molecule has 0 rings (SSSR count). The van der Waals surface area contributed by atoms with Crippen LogP contribution in [-0.4, -0.2) is 11.6 Å². The first-order chi connectivity index (χ1) is 5.95. The summed E-state index contributed by atoms with van der Waals surface area (Å²) in [5.74, 6) is -0.280. The van der Waals surface area contributed by atoms with Crippen molar-refractivity contribution in [2.75, 3.05) is 0 Å². The Bertz CT molecular complexity index is 196. The predicted octanol–water partition coefficient (Wildman–Crippen LogP) is 3.07. The summed E-state index contributed by atoms with van der Waals surface area (Å²) >= 11 is 0. The molecule has 0 aromatic carbocycles. The van der Waals surface area contributed by atoms with Crippen molar-refractivity contribution >= 4 is 5.97 Å². The van der Waals surface area contributed by atoms with Crippen LogP contribution in [0.15, 0.2) is 12.2 Å². The highest BCUT2D eigenvalue weighted by atomic mass is 16.6. The predicted molar refractivity (Wildman–Crippen MR) is 54.5 cm³/mol. The maximum atomic E-state index is 11.3. The number of ether oxygens (including phenoxy) is 1. The van der Waals surface area contributed by atoms with Gasteiger partial charge >= 0.3 is 5.97 Å².